The predicted octanol–water partition coefficient (Wildman–Crippen LogP) is 5.32. The number of aryl methyl sites for hydroxylation is 1. The first-order chi connectivity index (χ1) is 17.6. The zero-order chi connectivity index (χ0) is 25.7. The van der Waals surface area contributed by atoms with Crippen LogP contribution in [0, 0.1) is 0 Å². The molecule has 0 saturated carbocycles. The Hall–Kier alpha value is -3.19. The largest absolute Gasteiger partial charge is 0.493 e. The van der Waals surface area contributed by atoms with Crippen LogP contribution in [0.5, 0.6) is 23.0 Å². The molecule has 0 radical (unpaired) electrons. The third-order valence-corrected chi connectivity index (χ3v) is 7.11. The van der Waals surface area contributed by atoms with Crippen LogP contribution in [-0.2, 0) is 19.5 Å². The summed E-state index contributed by atoms with van der Waals surface area (Å²) in [5.41, 5.74) is 4.09. The highest BCUT2D eigenvalue weighted by atomic mass is 16.5. The molecule has 2 aromatic carbocycles. The van der Waals surface area contributed by atoms with Crippen LogP contribution in [0.4, 0.5) is 0 Å². The minimum absolute atomic E-state index is 0.0699. The van der Waals surface area contributed by atoms with E-state index in [1.807, 2.05) is 28.8 Å². The van der Waals surface area contributed by atoms with E-state index in [0.717, 1.165) is 47.2 Å². The number of nitrogens with zero attached hydrogens (tertiary/aromatic N) is 1. The zero-order valence-electron chi connectivity index (χ0n) is 22.2. The lowest BCUT2D eigenvalue weighted by Crippen LogP contribution is -2.29. The molecule has 0 bridgehead atoms. The molecule has 1 aromatic heterocycles. The summed E-state index contributed by atoms with van der Waals surface area (Å²) in [6.45, 7) is 4.38. The zero-order valence-corrected chi connectivity index (χ0v) is 22.2. The van der Waals surface area contributed by atoms with Crippen molar-refractivity contribution in [1.29, 1.82) is 0 Å². The van der Waals surface area contributed by atoms with Gasteiger partial charge in [-0.25, -0.2) is 0 Å². The SMILES string of the molecule is CCCCCCCNCc1c2n(c(=O)c3c(OC)c(OC)ccc13)CCc1cc(OC)c(OC)cc1-2. The summed E-state index contributed by atoms with van der Waals surface area (Å²) in [6, 6.07) is 7.89. The van der Waals surface area contributed by atoms with E-state index in [4.69, 9.17) is 18.9 Å². The van der Waals surface area contributed by atoms with Gasteiger partial charge in [0.25, 0.3) is 5.56 Å². The van der Waals surface area contributed by atoms with Gasteiger partial charge in [-0.2, -0.15) is 0 Å². The van der Waals surface area contributed by atoms with Crippen molar-refractivity contribution in [3.63, 3.8) is 0 Å². The maximum absolute atomic E-state index is 13.9. The van der Waals surface area contributed by atoms with E-state index in [1.165, 1.54) is 25.7 Å². The highest BCUT2D eigenvalue weighted by Crippen LogP contribution is 2.43. The van der Waals surface area contributed by atoms with Crippen molar-refractivity contribution in [2.45, 2.75) is 58.5 Å². The maximum atomic E-state index is 13.9. The molecule has 0 spiro atoms. The number of aromatic nitrogens is 1. The number of hydrogen-bond donors (Lipinski definition) is 1. The molecule has 0 saturated heterocycles. The fraction of sp³-hybridized carbons (Fsp3) is 0.483. The lowest BCUT2D eigenvalue weighted by molar-refractivity contribution is 0.354. The van der Waals surface area contributed by atoms with Gasteiger partial charge in [-0.05, 0) is 60.2 Å². The van der Waals surface area contributed by atoms with Crippen molar-refractivity contribution in [3.8, 4) is 34.3 Å². The Bertz CT molecular complexity index is 1280. The molecular weight excluding hydrogens is 456 g/mol. The monoisotopic (exact) mass is 494 g/mol. The van der Waals surface area contributed by atoms with Crippen LogP contribution < -0.4 is 29.8 Å². The average molecular weight is 495 g/mol. The van der Waals surface area contributed by atoms with E-state index < -0.39 is 0 Å². The minimum atomic E-state index is -0.0699. The van der Waals surface area contributed by atoms with Crippen molar-refractivity contribution in [2.75, 3.05) is 35.0 Å². The second kappa shape index (κ2) is 11.7. The van der Waals surface area contributed by atoms with Gasteiger partial charge in [-0.1, -0.05) is 32.6 Å². The topological polar surface area (TPSA) is 71.0 Å². The van der Waals surface area contributed by atoms with Crippen LogP contribution >= 0.6 is 0 Å². The van der Waals surface area contributed by atoms with Crippen molar-refractivity contribution in [3.05, 3.63) is 45.7 Å². The molecule has 1 aliphatic rings. The van der Waals surface area contributed by atoms with E-state index in [-0.39, 0.29) is 5.56 Å². The highest BCUT2D eigenvalue weighted by Gasteiger charge is 2.27. The summed E-state index contributed by atoms with van der Waals surface area (Å²) >= 11 is 0. The summed E-state index contributed by atoms with van der Waals surface area (Å²) in [4.78, 5) is 13.9. The molecule has 36 heavy (non-hydrogen) atoms. The highest BCUT2D eigenvalue weighted by molar-refractivity contribution is 5.96. The third-order valence-electron chi connectivity index (χ3n) is 7.11. The van der Waals surface area contributed by atoms with E-state index in [1.54, 1.807) is 28.4 Å². The second-order valence-corrected chi connectivity index (χ2v) is 9.21. The molecule has 7 nitrogen and oxygen atoms in total. The van der Waals surface area contributed by atoms with Crippen LogP contribution in [0.15, 0.2) is 29.1 Å². The fourth-order valence-electron chi connectivity index (χ4n) is 5.27. The molecule has 1 aliphatic heterocycles. The first-order valence-electron chi connectivity index (χ1n) is 12.9. The normalized spacial score (nSPS) is 12.2. The molecule has 3 aromatic rings. The molecule has 7 heteroatoms. The summed E-state index contributed by atoms with van der Waals surface area (Å²) < 4.78 is 24.3. The fourth-order valence-corrected chi connectivity index (χ4v) is 5.27. The van der Waals surface area contributed by atoms with Gasteiger partial charge in [0.2, 0.25) is 0 Å². The number of methoxy groups -OCH3 is 4. The lowest BCUT2D eigenvalue weighted by atomic mass is 9.90. The van der Waals surface area contributed by atoms with Gasteiger partial charge in [0.1, 0.15) is 0 Å². The Kier molecular flexibility index (Phi) is 8.41. The lowest BCUT2D eigenvalue weighted by Gasteiger charge is -2.27. The smallest absolute Gasteiger partial charge is 0.262 e. The molecular formula is C29H38N2O5. The quantitative estimate of drug-likeness (QED) is 0.344. The molecule has 0 amide bonds. The molecule has 194 valence electrons. The molecule has 0 aliphatic carbocycles. The van der Waals surface area contributed by atoms with Crippen LogP contribution in [0.3, 0.4) is 0 Å². The summed E-state index contributed by atoms with van der Waals surface area (Å²) in [6.07, 6.45) is 6.87. The van der Waals surface area contributed by atoms with Crippen molar-refractivity contribution in [1.82, 2.24) is 9.88 Å². The predicted molar refractivity (Wildman–Crippen MR) is 144 cm³/mol. The summed E-state index contributed by atoms with van der Waals surface area (Å²) in [5, 5.41) is 5.08. The van der Waals surface area contributed by atoms with Crippen LogP contribution in [0.1, 0.15) is 50.2 Å². The van der Waals surface area contributed by atoms with Crippen molar-refractivity contribution < 1.29 is 18.9 Å². The van der Waals surface area contributed by atoms with Gasteiger partial charge in [0.05, 0.1) is 39.5 Å². The van der Waals surface area contributed by atoms with Gasteiger partial charge in [-0.15, -0.1) is 0 Å². The van der Waals surface area contributed by atoms with Gasteiger partial charge in [0.15, 0.2) is 23.0 Å². The van der Waals surface area contributed by atoms with Crippen LogP contribution in [-0.4, -0.2) is 39.6 Å². The van der Waals surface area contributed by atoms with Crippen molar-refractivity contribution in [2.24, 2.45) is 0 Å². The van der Waals surface area contributed by atoms with E-state index in [0.29, 0.717) is 41.5 Å². The maximum Gasteiger partial charge on any atom is 0.262 e. The Morgan fingerprint density at radius 1 is 0.889 bits per heavy atom. The van der Waals surface area contributed by atoms with E-state index >= 15 is 0 Å². The van der Waals surface area contributed by atoms with Crippen LogP contribution in [0.25, 0.3) is 22.0 Å². The number of hydrogen-bond acceptors (Lipinski definition) is 6. The Morgan fingerprint density at radius 2 is 1.61 bits per heavy atom. The number of pyridine rings is 1. The van der Waals surface area contributed by atoms with E-state index in [9.17, 15) is 4.79 Å². The summed E-state index contributed by atoms with van der Waals surface area (Å²) in [5.74, 6) is 2.39. The van der Waals surface area contributed by atoms with Gasteiger partial charge < -0.3 is 28.8 Å². The average Bonchev–Trinajstić information content (AvgIpc) is 2.91. The van der Waals surface area contributed by atoms with E-state index in [2.05, 4.69) is 12.2 Å². The Labute approximate surface area is 213 Å². The molecule has 0 atom stereocenters. The van der Waals surface area contributed by atoms with Gasteiger partial charge in [0, 0.05) is 18.7 Å². The third kappa shape index (κ3) is 4.76. The van der Waals surface area contributed by atoms with Gasteiger partial charge in [-0.3, -0.25) is 4.79 Å². The minimum Gasteiger partial charge on any atom is -0.493 e. The van der Waals surface area contributed by atoms with Crippen molar-refractivity contribution >= 4 is 10.8 Å². The first kappa shape index (κ1) is 25.9. The van der Waals surface area contributed by atoms with Gasteiger partial charge >= 0.3 is 0 Å². The number of unbranched alkanes of at least 4 members (excludes halogenated alkanes) is 4. The number of ether oxygens (including phenoxy) is 4. The standard InChI is InChI=1S/C29H38N2O5/c1-6-7-8-9-10-14-30-18-22-20-11-12-23(33-2)28(36-5)26(20)29(32)31-15-13-19-16-24(34-3)25(35-4)17-21(19)27(22)31/h11-12,16-17,30H,6-10,13-15,18H2,1-5H3. The Morgan fingerprint density at radius 3 is 2.31 bits per heavy atom. The number of benzene rings is 2. The number of nitrogens with one attached hydrogen (secondary N) is 1. The molecule has 0 unspecified atom stereocenters. The summed E-state index contributed by atoms with van der Waals surface area (Å²) in [7, 11) is 6.46. The number of fused-ring (bicyclic) bond motifs is 4. The van der Waals surface area contributed by atoms with Crippen LogP contribution in [0.2, 0.25) is 0 Å². The molecule has 4 rings (SSSR count). The molecule has 2 heterocycles. The number of rotatable bonds is 12. The first-order valence-corrected chi connectivity index (χ1v) is 12.9. The molecule has 0 fully saturated rings. The second-order valence-electron chi connectivity index (χ2n) is 9.21. The molecule has 1 N–H and O–H groups in total. The Balaban J connectivity index is 1.87.